The Morgan fingerprint density at radius 2 is 2.62 bits per heavy atom. The molecule has 2 unspecified atom stereocenters. The van der Waals surface area contributed by atoms with Crippen molar-refractivity contribution in [3.63, 3.8) is 0 Å². The minimum absolute atomic E-state index is 0.0348. The van der Waals surface area contributed by atoms with Gasteiger partial charge in [0, 0.05) is 5.38 Å². The molecule has 1 fully saturated rings. The quantitative estimate of drug-likeness (QED) is 0.832. The van der Waals surface area contributed by atoms with Crippen LogP contribution in [0.5, 0.6) is 0 Å². The van der Waals surface area contributed by atoms with Crippen molar-refractivity contribution < 1.29 is 4.79 Å². The summed E-state index contributed by atoms with van der Waals surface area (Å²) in [5.74, 6) is 0.518. The Hall–Kier alpha value is -0.940. The van der Waals surface area contributed by atoms with E-state index in [1.807, 2.05) is 5.38 Å². The van der Waals surface area contributed by atoms with Crippen LogP contribution in [0.15, 0.2) is 10.9 Å². The van der Waals surface area contributed by atoms with Crippen LogP contribution < -0.4 is 10.6 Å². The molecule has 2 N–H and O–H groups in total. The molecule has 2 rings (SSSR count). The number of thiazole rings is 1. The van der Waals surface area contributed by atoms with E-state index in [2.05, 4.69) is 22.5 Å². The Balaban J connectivity index is 1.83. The Labute approximate surface area is 99.5 Å². The number of hydrogen-bond donors (Lipinski definition) is 2. The maximum atomic E-state index is 11.9. The van der Waals surface area contributed by atoms with Gasteiger partial charge in [-0.05, 0) is 25.3 Å². The average molecular weight is 239 g/mol. The van der Waals surface area contributed by atoms with Gasteiger partial charge in [-0.25, -0.2) is 4.98 Å². The van der Waals surface area contributed by atoms with Crippen LogP contribution in [-0.4, -0.2) is 23.5 Å². The molecule has 1 aliphatic rings. The SMILES string of the molecule is CC1CCCNC1C(=O)NCc1cscn1. The molecule has 2 atom stereocenters. The Bertz CT molecular complexity index is 339. The number of nitrogens with one attached hydrogen (secondary N) is 2. The van der Waals surface area contributed by atoms with Gasteiger partial charge in [0.25, 0.3) is 0 Å². The first kappa shape index (κ1) is 11.5. The monoisotopic (exact) mass is 239 g/mol. The van der Waals surface area contributed by atoms with Gasteiger partial charge in [0.2, 0.25) is 5.91 Å². The number of piperidine rings is 1. The standard InChI is InChI=1S/C11H17N3OS/c1-8-3-2-4-12-10(8)11(15)13-5-9-6-16-7-14-9/h6-8,10,12H,2-5H2,1H3,(H,13,15). The number of hydrogen-bond acceptors (Lipinski definition) is 4. The van der Waals surface area contributed by atoms with Crippen molar-refractivity contribution in [3.8, 4) is 0 Å². The molecular weight excluding hydrogens is 222 g/mol. The van der Waals surface area contributed by atoms with Crippen molar-refractivity contribution in [1.29, 1.82) is 0 Å². The molecule has 4 nitrogen and oxygen atoms in total. The van der Waals surface area contributed by atoms with Gasteiger partial charge in [0.05, 0.1) is 23.8 Å². The van der Waals surface area contributed by atoms with E-state index in [4.69, 9.17) is 0 Å². The molecule has 1 aromatic rings. The van der Waals surface area contributed by atoms with Crippen LogP contribution in [0.2, 0.25) is 0 Å². The van der Waals surface area contributed by atoms with E-state index in [-0.39, 0.29) is 11.9 Å². The molecule has 5 heteroatoms. The van der Waals surface area contributed by atoms with Gasteiger partial charge in [0.15, 0.2) is 0 Å². The minimum Gasteiger partial charge on any atom is -0.349 e. The van der Waals surface area contributed by atoms with E-state index in [0.717, 1.165) is 25.1 Å². The van der Waals surface area contributed by atoms with Gasteiger partial charge in [0.1, 0.15) is 0 Å². The molecule has 1 amide bonds. The molecule has 16 heavy (non-hydrogen) atoms. The summed E-state index contributed by atoms with van der Waals surface area (Å²) in [6.45, 7) is 3.60. The van der Waals surface area contributed by atoms with Gasteiger partial charge >= 0.3 is 0 Å². The van der Waals surface area contributed by atoms with Crippen LogP contribution in [0.4, 0.5) is 0 Å². The topological polar surface area (TPSA) is 54.0 Å². The number of nitrogens with zero attached hydrogens (tertiary/aromatic N) is 1. The molecule has 0 spiro atoms. The maximum Gasteiger partial charge on any atom is 0.237 e. The first-order valence-electron chi connectivity index (χ1n) is 5.65. The van der Waals surface area contributed by atoms with Crippen LogP contribution in [-0.2, 0) is 11.3 Å². The third-order valence-corrected chi connectivity index (χ3v) is 3.61. The third kappa shape index (κ3) is 2.80. The summed E-state index contributed by atoms with van der Waals surface area (Å²) in [4.78, 5) is 16.0. The number of carbonyl (C=O) groups excluding carboxylic acids is 1. The fourth-order valence-corrected chi connectivity index (χ4v) is 2.57. The van der Waals surface area contributed by atoms with Crippen LogP contribution in [0, 0.1) is 5.92 Å². The fraction of sp³-hybridized carbons (Fsp3) is 0.636. The van der Waals surface area contributed by atoms with Crippen molar-refractivity contribution in [2.75, 3.05) is 6.54 Å². The summed E-state index contributed by atoms with van der Waals surface area (Å²) >= 11 is 1.55. The Kier molecular flexibility index (Phi) is 3.90. The lowest BCUT2D eigenvalue weighted by Gasteiger charge is -2.28. The molecule has 1 aromatic heterocycles. The molecule has 0 aromatic carbocycles. The molecule has 0 bridgehead atoms. The number of aromatic nitrogens is 1. The molecule has 0 radical (unpaired) electrons. The second kappa shape index (κ2) is 5.41. The highest BCUT2D eigenvalue weighted by atomic mass is 32.1. The highest BCUT2D eigenvalue weighted by molar-refractivity contribution is 7.07. The lowest BCUT2D eigenvalue weighted by Crippen LogP contribution is -2.50. The molecule has 1 aliphatic heterocycles. The zero-order valence-electron chi connectivity index (χ0n) is 9.40. The predicted molar refractivity (Wildman–Crippen MR) is 64.1 cm³/mol. The predicted octanol–water partition coefficient (Wildman–Crippen LogP) is 1.15. The van der Waals surface area contributed by atoms with E-state index in [1.54, 1.807) is 16.8 Å². The molecular formula is C11H17N3OS. The number of amides is 1. The molecule has 0 saturated carbocycles. The summed E-state index contributed by atoms with van der Waals surface area (Å²) in [5.41, 5.74) is 2.71. The molecule has 0 aliphatic carbocycles. The largest absolute Gasteiger partial charge is 0.349 e. The van der Waals surface area contributed by atoms with Gasteiger partial charge < -0.3 is 10.6 Å². The van der Waals surface area contributed by atoms with Crippen LogP contribution in [0.1, 0.15) is 25.5 Å². The normalized spacial score (nSPS) is 25.3. The molecule has 88 valence electrons. The zero-order chi connectivity index (χ0) is 11.4. The van der Waals surface area contributed by atoms with Crippen LogP contribution in [0.25, 0.3) is 0 Å². The van der Waals surface area contributed by atoms with Gasteiger partial charge in [-0.1, -0.05) is 6.92 Å². The number of carbonyl (C=O) groups is 1. The summed E-state index contributed by atoms with van der Waals surface area (Å²) in [6.07, 6.45) is 2.29. The van der Waals surface area contributed by atoms with Gasteiger partial charge in [-0.2, -0.15) is 0 Å². The minimum atomic E-state index is -0.0348. The average Bonchev–Trinajstić information content (AvgIpc) is 2.79. The highest BCUT2D eigenvalue weighted by Crippen LogP contribution is 2.15. The lowest BCUT2D eigenvalue weighted by atomic mass is 9.92. The van der Waals surface area contributed by atoms with Gasteiger partial charge in [-0.3, -0.25) is 4.79 Å². The number of rotatable bonds is 3. The first-order chi connectivity index (χ1) is 7.77. The van der Waals surface area contributed by atoms with Crippen LogP contribution in [0.3, 0.4) is 0 Å². The first-order valence-corrected chi connectivity index (χ1v) is 6.60. The van der Waals surface area contributed by atoms with E-state index in [1.165, 1.54) is 0 Å². The van der Waals surface area contributed by atoms with Crippen LogP contribution >= 0.6 is 11.3 Å². The van der Waals surface area contributed by atoms with Crippen molar-refractivity contribution in [1.82, 2.24) is 15.6 Å². The third-order valence-electron chi connectivity index (χ3n) is 2.98. The summed E-state index contributed by atoms with van der Waals surface area (Å²) in [7, 11) is 0. The zero-order valence-corrected chi connectivity index (χ0v) is 10.2. The lowest BCUT2D eigenvalue weighted by molar-refractivity contribution is -0.125. The maximum absolute atomic E-state index is 11.9. The highest BCUT2D eigenvalue weighted by Gasteiger charge is 2.26. The van der Waals surface area contributed by atoms with Crippen molar-refractivity contribution >= 4 is 17.2 Å². The smallest absolute Gasteiger partial charge is 0.237 e. The second-order valence-electron chi connectivity index (χ2n) is 4.25. The van der Waals surface area contributed by atoms with E-state index in [0.29, 0.717) is 12.5 Å². The molecule has 2 heterocycles. The van der Waals surface area contributed by atoms with Crippen molar-refractivity contribution in [2.24, 2.45) is 5.92 Å². The second-order valence-corrected chi connectivity index (χ2v) is 4.97. The summed E-state index contributed by atoms with van der Waals surface area (Å²) < 4.78 is 0. The van der Waals surface area contributed by atoms with E-state index in [9.17, 15) is 4.79 Å². The van der Waals surface area contributed by atoms with E-state index < -0.39 is 0 Å². The summed E-state index contributed by atoms with van der Waals surface area (Å²) in [5, 5.41) is 8.15. The van der Waals surface area contributed by atoms with Crippen molar-refractivity contribution in [2.45, 2.75) is 32.4 Å². The molecule has 1 saturated heterocycles. The van der Waals surface area contributed by atoms with Gasteiger partial charge in [-0.15, -0.1) is 11.3 Å². The van der Waals surface area contributed by atoms with E-state index >= 15 is 0 Å². The van der Waals surface area contributed by atoms with Crippen molar-refractivity contribution in [3.05, 3.63) is 16.6 Å². The fourth-order valence-electron chi connectivity index (χ4n) is 2.01. The Morgan fingerprint density at radius 1 is 1.75 bits per heavy atom. The summed E-state index contributed by atoms with van der Waals surface area (Å²) in [6, 6.07) is -0.0348. The Morgan fingerprint density at radius 3 is 3.31 bits per heavy atom.